The summed E-state index contributed by atoms with van der Waals surface area (Å²) in [5.74, 6) is 0. The van der Waals surface area contributed by atoms with Gasteiger partial charge in [-0.15, -0.1) is 0 Å². The van der Waals surface area contributed by atoms with Crippen molar-refractivity contribution in [2.24, 2.45) is 0 Å². The molecule has 86 valence electrons. The number of hydrogen-bond acceptors (Lipinski definition) is 3. The standard InChI is InChI=1S/C11H20N2S2.K/c14-11(15)13-8-6-12(7-9-13)10-4-2-1-3-5-10;/h10H,1-9H2,(H,14,15);/q;+1/p-1. The summed E-state index contributed by atoms with van der Waals surface area (Å²) in [7, 11) is 0. The third-order valence-electron chi connectivity index (χ3n) is 3.66. The van der Waals surface area contributed by atoms with Gasteiger partial charge >= 0.3 is 51.4 Å². The van der Waals surface area contributed by atoms with E-state index in [2.05, 4.69) is 9.80 Å². The fourth-order valence-corrected chi connectivity index (χ4v) is 3.08. The normalized spacial score (nSPS) is 23.9. The van der Waals surface area contributed by atoms with Crippen LogP contribution in [0.1, 0.15) is 32.1 Å². The molecule has 0 spiro atoms. The van der Waals surface area contributed by atoms with Gasteiger partial charge in [-0.25, -0.2) is 0 Å². The van der Waals surface area contributed by atoms with Crippen molar-refractivity contribution in [3.63, 3.8) is 0 Å². The van der Waals surface area contributed by atoms with E-state index in [9.17, 15) is 0 Å². The second-order valence-corrected chi connectivity index (χ2v) is 5.61. The molecule has 16 heavy (non-hydrogen) atoms. The molecule has 1 heterocycles. The van der Waals surface area contributed by atoms with Gasteiger partial charge in [-0.3, -0.25) is 4.90 Å². The summed E-state index contributed by atoms with van der Waals surface area (Å²) in [6.45, 7) is 4.39. The van der Waals surface area contributed by atoms with Gasteiger partial charge < -0.3 is 29.7 Å². The molecular formula is C11H19KN2S2. The minimum Gasteiger partial charge on any atom is -0.411 e. The Balaban J connectivity index is 0.00000128. The minimum atomic E-state index is 0. The average Bonchev–Trinajstić information content (AvgIpc) is 2.30. The Bertz CT molecular complexity index is 224. The number of thiocarbonyl (C=S) groups is 1. The Labute approximate surface area is 152 Å². The molecule has 1 aliphatic carbocycles. The monoisotopic (exact) mass is 282 g/mol. The molecule has 0 aromatic carbocycles. The van der Waals surface area contributed by atoms with Gasteiger partial charge in [0.05, 0.1) is 0 Å². The Morgan fingerprint density at radius 1 is 1.00 bits per heavy atom. The third kappa shape index (κ3) is 4.43. The maximum Gasteiger partial charge on any atom is 1.00 e. The van der Waals surface area contributed by atoms with Crippen molar-refractivity contribution in [2.75, 3.05) is 26.2 Å². The SMILES string of the molecule is S=C([S-])N1CCN(C2CCCCC2)CC1.[K+]. The molecule has 0 bridgehead atoms. The summed E-state index contributed by atoms with van der Waals surface area (Å²) in [4.78, 5) is 4.80. The van der Waals surface area contributed by atoms with Gasteiger partial charge in [-0.05, 0) is 12.8 Å². The van der Waals surface area contributed by atoms with Crippen molar-refractivity contribution < 1.29 is 51.4 Å². The average molecular weight is 283 g/mol. The predicted molar refractivity (Wildman–Crippen MR) is 70.0 cm³/mol. The molecule has 2 rings (SSSR count). The molecule has 5 heteroatoms. The van der Waals surface area contributed by atoms with E-state index >= 15 is 0 Å². The van der Waals surface area contributed by atoms with Crippen LogP contribution in [0.5, 0.6) is 0 Å². The summed E-state index contributed by atoms with van der Waals surface area (Å²) in [6, 6.07) is 0.847. The Kier molecular flexibility index (Phi) is 7.88. The van der Waals surface area contributed by atoms with E-state index in [0.717, 1.165) is 32.2 Å². The summed E-state index contributed by atoms with van der Waals surface area (Å²) in [5.41, 5.74) is 0. The Hall–Kier alpha value is 1.71. The minimum absolute atomic E-state index is 0. The molecule has 0 aromatic heterocycles. The molecule has 2 aliphatic rings. The number of hydrogen-bond donors (Lipinski definition) is 0. The zero-order valence-corrected chi connectivity index (χ0v) is 14.9. The van der Waals surface area contributed by atoms with E-state index < -0.39 is 0 Å². The first-order chi connectivity index (χ1) is 7.27. The molecule has 0 amide bonds. The van der Waals surface area contributed by atoms with Gasteiger partial charge in [-0.1, -0.05) is 23.6 Å². The van der Waals surface area contributed by atoms with E-state index in [1.807, 2.05) is 0 Å². The molecule has 0 unspecified atom stereocenters. The van der Waals surface area contributed by atoms with Gasteiger partial charge in [0.25, 0.3) is 0 Å². The first-order valence-corrected chi connectivity index (χ1v) is 6.79. The van der Waals surface area contributed by atoms with Gasteiger partial charge in [0.1, 0.15) is 0 Å². The second-order valence-electron chi connectivity index (χ2n) is 4.58. The van der Waals surface area contributed by atoms with Crippen LogP contribution < -0.4 is 51.4 Å². The molecule has 1 aliphatic heterocycles. The largest absolute Gasteiger partial charge is 1.00 e. The Morgan fingerprint density at radius 2 is 1.56 bits per heavy atom. The van der Waals surface area contributed by atoms with Crippen LogP contribution >= 0.6 is 12.2 Å². The molecule has 0 atom stereocenters. The molecule has 0 radical (unpaired) electrons. The molecule has 2 fully saturated rings. The van der Waals surface area contributed by atoms with Gasteiger partial charge in [0.2, 0.25) is 0 Å². The molecule has 2 nitrogen and oxygen atoms in total. The molecule has 1 saturated heterocycles. The third-order valence-corrected chi connectivity index (χ3v) is 4.18. The maximum absolute atomic E-state index is 5.03. The van der Waals surface area contributed by atoms with Crippen LogP contribution in [0, 0.1) is 0 Å². The van der Waals surface area contributed by atoms with Crippen LogP contribution in [0.15, 0.2) is 0 Å². The summed E-state index contributed by atoms with van der Waals surface area (Å²) in [6.07, 6.45) is 7.08. The first kappa shape index (κ1) is 15.8. The van der Waals surface area contributed by atoms with E-state index in [1.165, 1.54) is 32.1 Å². The van der Waals surface area contributed by atoms with Crippen molar-refractivity contribution in [1.82, 2.24) is 9.80 Å². The van der Waals surface area contributed by atoms with Gasteiger partial charge in [0.15, 0.2) is 0 Å². The number of rotatable bonds is 1. The topological polar surface area (TPSA) is 6.48 Å². The maximum atomic E-state index is 5.03. The molecule has 1 saturated carbocycles. The second kappa shape index (κ2) is 7.99. The van der Waals surface area contributed by atoms with Crippen LogP contribution in [0.25, 0.3) is 0 Å². The smallest absolute Gasteiger partial charge is 0.411 e. The number of nitrogens with zero attached hydrogens (tertiary/aromatic N) is 2. The van der Waals surface area contributed by atoms with Crippen LogP contribution in [-0.4, -0.2) is 46.3 Å². The number of piperazine rings is 1. The zero-order valence-electron chi connectivity index (χ0n) is 10.2. The van der Waals surface area contributed by atoms with Crippen molar-refractivity contribution >= 4 is 29.2 Å². The summed E-state index contributed by atoms with van der Waals surface area (Å²) >= 11 is 10.1. The van der Waals surface area contributed by atoms with Gasteiger partial charge in [0, 0.05) is 32.2 Å². The van der Waals surface area contributed by atoms with E-state index in [-0.39, 0.29) is 51.4 Å². The first-order valence-electron chi connectivity index (χ1n) is 5.97. The van der Waals surface area contributed by atoms with Crippen LogP contribution in [0.4, 0.5) is 0 Å². The van der Waals surface area contributed by atoms with Crippen LogP contribution in [-0.2, 0) is 12.6 Å². The van der Waals surface area contributed by atoms with E-state index in [4.69, 9.17) is 24.8 Å². The fourth-order valence-electron chi connectivity index (χ4n) is 2.72. The summed E-state index contributed by atoms with van der Waals surface area (Å²) in [5, 5.41) is 0. The van der Waals surface area contributed by atoms with Crippen molar-refractivity contribution in [2.45, 2.75) is 38.1 Å². The van der Waals surface area contributed by atoms with Crippen molar-refractivity contribution in [3.8, 4) is 0 Å². The fraction of sp³-hybridized carbons (Fsp3) is 0.909. The van der Waals surface area contributed by atoms with E-state index in [0.29, 0.717) is 4.32 Å². The zero-order chi connectivity index (χ0) is 10.7. The van der Waals surface area contributed by atoms with Crippen molar-refractivity contribution in [1.29, 1.82) is 0 Å². The van der Waals surface area contributed by atoms with Crippen LogP contribution in [0.2, 0.25) is 0 Å². The predicted octanol–water partition coefficient (Wildman–Crippen LogP) is -1.23. The Morgan fingerprint density at radius 3 is 2.06 bits per heavy atom. The van der Waals surface area contributed by atoms with E-state index in [1.54, 1.807) is 0 Å². The molecule has 0 aromatic rings. The summed E-state index contributed by atoms with van der Waals surface area (Å²) < 4.78 is 0.651. The molecule has 0 N–H and O–H groups in total. The van der Waals surface area contributed by atoms with Crippen LogP contribution in [0.3, 0.4) is 0 Å². The van der Waals surface area contributed by atoms with Crippen molar-refractivity contribution in [3.05, 3.63) is 0 Å². The molecular weight excluding hydrogens is 263 g/mol. The van der Waals surface area contributed by atoms with Gasteiger partial charge in [-0.2, -0.15) is 0 Å². The quantitative estimate of drug-likeness (QED) is 0.337.